The van der Waals surface area contributed by atoms with Gasteiger partial charge in [0.25, 0.3) is 0 Å². The molecule has 0 saturated heterocycles. The van der Waals surface area contributed by atoms with Crippen molar-refractivity contribution >= 4 is 48.2 Å². The third-order valence-electron chi connectivity index (χ3n) is 0.135. The van der Waals surface area contributed by atoms with Crippen molar-refractivity contribution in [2.24, 2.45) is 0 Å². The molecule has 2 nitrogen and oxygen atoms in total. The predicted molar refractivity (Wildman–Crippen MR) is 28.6 cm³/mol. The van der Waals surface area contributed by atoms with E-state index in [9.17, 15) is 4.79 Å². The van der Waals surface area contributed by atoms with Crippen molar-refractivity contribution in [2.75, 3.05) is 5.75 Å². The Hall–Kier alpha value is 1.34. The molecular weight excluding hydrogens is 175 g/mol. The van der Waals surface area contributed by atoms with Crippen LogP contribution in [0.2, 0.25) is 0 Å². The maximum atomic E-state index is 9.29. The first-order chi connectivity index (χ1) is 2.27. The van der Waals surface area contributed by atoms with Gasteiger partial charge in [0.1, 0.15) is 0 Å². The van der Waals surface area contributed by atoms with Gasteiger partial charge in [-0.2, -0.15) is 12.6 Å². The minimum absolute atomic E-state index is 0. The van der Waals surface area contributed by atoms with Gasteiger partial charge in [-0.15, -0.1) is 0 Å². The van der Waals surface area contributed by atoms with E-state index in [0.717, 1.165) is 0 Å². The molecule has 0 rings (SSSR count). The van der Waals surface area contributed by atoms with Crippen molar-refractivity contribution in [2.45, 2.75) is 0 Å². The molecule has 0 bridgehead atoms. The summed E-state index contributed by atoms with van der Waals surface area (Å²) in [5, 5.41) is 7.65. The molecule has 0 aliphatic carbocycles. The minimum atomic E-state index is -0.881. The van der Waals surface area contributed by atoms with E-state index < -0.39 is 5.97 Å². The van der Waals surface area contributed by atoms with E-state index in [4.69, 9.17) is 5.11 Å². The van der Waals surface area contributed by atoms with E-state index in [1.807, 2.05) is 0 Å². The van der Waals surface area contributed by atoms with Gasteiger partial charge in [0.2, 0.25) is 0 Å². The zero-order chi connectivity index (χ0) is 4.28. The van der Waals surface area contributed by atoms with E-state index in [-0.39, 0.29) is 52.4 Å². The van der Waals surface area contributed by atoms with Crippen LogP contribution in [-0.2, 0) is 21.9 Å². The number of hydrogen-bond acceptors (Lipinski definition) is 2. The zero-order valence-corrected chi connectivity index (χ0v) is 4.65. The van der Waals surface area contributed by atoms with Crippen molar-refractivity contribution in [1.29, 1.82) is 0 Å². The molecule has 0 amide bonds. The van der Waals surface area contributed by atoms with Crippen LogP contribution in [0.15, 0.2) is 0 Å². The number of hydrogen-bond donors (Lipinski definition) is 2. The Morgan fingerprint density at radius 3 is 1.86 bits per heavy atom. The molecule has 0 saturated carbocycles. The fourth-order valence-corrected chi connectivity index (χ4v) is 0. The molecule has 0 spiro atoms. The van der Waals surface area contributed by atoms with Crippen molar-refractivity contribution in [3.8, 4) is 0 Å². The van der Waals surface area contributed by atoms with Crippen LogP contribution in [0.5, 0.6) is 0 Å². The molecular formula is C2H5CuNaO2S. The Bertz CT molecular complexity index is 51.0. The second-order valence-electron chi connectivity index (χ2n) is 0.552. The molecule has 0 aliphatic rings. The van der Waals surface area contributed by atoms with Gasteiger partial charge in [-0.25, -0.2) is 0 Å². The molecule has 5 heteroatoms. The van der Waals surface area contributed by atoms with Gasteiger partial charge in [0.15, 0.2) is 0 Å². The van der Waals surface area contributed by atoms with E-state index in [2.05, 4.69) is 12.6 Å². The molecule has 0 aliphatic heterocycles. The van der Waals surface area contributed by atoms with Crippen molar-refractivity contribution in [1.82, 2.24) is 0 Å². The number of carbonyl (C=O) groups is 1. The van der Waals surface area contributed by atoms with Crippen LogP contribution in [0.4, 0.5) is 0 Å². The molecule has 1 N–H and O–H groups in total. The Kier molecular flexibility index (Phi) is 23.3. The average Bonchev–Trinajstić information content (AvgIpc) is 1.38. The van der Waals surface area contributed by atoms with Crippen LogP contribution in [0, 0.1) is 0 Å². The fraction of sp³-hybridized carbons (Fsp3) is 0.500. The normalized spacial score (nSPS) is 5.29. The number of rotatable bonds is 1. The van der Waals surface area contributed by atoms with Gasteiger partial charge in [-0.3, -0.25) is 4.79 Å². The van der Waals surface area contributed by atoms with Crippen molar-refractivity contribution in [3.63, 3.8) is 0 Å². The Morgan fingerprint density at radius 1 is 1.71 bits per heavy atom. The molecule has 0 heterocycles. The summed E-state index contributed by atoms with van der Waals surface area (Å²) in [7, 11) is 0. The number of thiol groups is 1. The van der Waals surface area contributed by atoms with Crippen LogP contribution in [0.25, 0.3) is 0 Å². The first-order valence-corrected chi connectivity index (χ1v) is 1.73. The van der Waals surface area contributed by atoms with E-state index in [1.165, 1.54) is 0 Å². The number of carboxylic acid groups (broad SMARTS) is 1. The summed E-state index contributed by atoms with van der Waals surface area (Å²) < 4.78 is 0. The first-order valence-electron chi connectivity index (χ1n) is 1.10. The summed E-state index contributed by atoms with van der Waals surface area (Å²) >= 11 is 3.42. The molecule has 1 radical (unpaired) electrons. The molecule has 0 atom stereocenters. The molecule has 0 unspecified atom stereocenters. The molecule has 0 fully saturated rings. The molecule has 0 aromatic carbocycles. The molecule has 7 heavy (non-hydrogen) atoms. The number of carboxylic acids is 1. The summed E-state index contributed by atoms with van der Waals surface area (Å²) in [4.78, 5) is 9.29. The van der Waals surface area contributed by atoms with Crippen LogP contribution >= 0.6 is 12.6 Å². The van der Waals surface area contributed by atoms with Gasteiger partial charge in [-0.05, 0) is 0 Å². The van der Waals surface area contributed by atoms with Crippen LogP contribution in [0.3, 0.4) is 0 Å². The average molecular weight is 180 g/mol. The third kappa shape index (κ3) is 18.8. The number of aliphatic carboxylic acids is 1. The monoisotopic (exact) mass is 179 g/mol. The summed E-state index contributed by atoms with van der Waals surface area (Å²) in [6.45, 7) is 0. The maximum absolute atomic E-state index is 9.29. The Labute approximate surface area is 80.2 Å². The van der Waals surface area contributed by atoms with Gasteiger partial charge in [0, 0.05) is 17.1 Å². The summed E-state index contributed by atoms with van der Waals surface area (Å²) in [5.41, 5.74) is 0. The second-order valence-corrected chi connectivity index (χ2v) is 0.868. The summed E-state index contributed by atoms with van der Waals surface area (Å²) in [6.07, 6.45) is 0. The SMILES string of the molecule is O=C(O)CS.[Cu].[NaH]. The van der Waals surface area contributed by atoms with E-state index in [0.29, 0.717) is 0 Å². The topological polar surface area (TPSA) is 37.3 Å². The van der Waals surface area contributed by atoms with Crippen molar-refractivity contribution in [3.05, 3.63) is 0 Å². The van der Waals surface area contributed by atoms with E-state index >= 15 is 0 Å². The van der Waals surface area contributed by atoms with Crippen LogP contribution < -0.4 is 0 Å². The van der Waals surface area contributed by atoms with Gasteiger partial charge in [0.05, 0.1) is 5.75 Å². The molecule has 0 aromatic heterocycles. The molecule has 0 aromatic rings. The fourth-order valence-electron chi connectivity index (χ4n) is 0. The van der Waals surface area contributed by atoms with Gasteiger partial charge >= 0.3 is 35.5 Å². The quantitative estimate of drug-likeness (QED) is 0.415. The van der Waals surface area contributed by atoms with Crippen LogP contribution in [0.1, 0.15) is 0 Å². The Morgan fingerprint density at radius 2 is 1.86 bits per heavy atom. The third-order valence-corrected chi connectivity index (χ3v) is 0.406. The second kappa shape index (κ2) is 10.3. The van der Waals surface area contributed by atoms with Crippen LogP contribution in [-0.4, -0.2) is 46.4 Å². The molecule has 43 valence electrons. The van der Waals surface area contributed by atoms with E-state index in [1.54, 1.807) is 0 Å². The first kappa shape index (κ1) is 15.8. The van der Waals surface area contributed by atoms with Crippen molar-refractivity contribution < 1.29 is 27.0 Å². The summed E-state index contributed by atoms with van der Waals surface area (Å²) in [5.74, 6) is -0.965. The van der Waals surface area contributed by atoms with Gasteiger partial charge < -0.3 is 5.11 Å². The zero-order valence-electron chi connectivity index (χ0n) is 2.81. The predicted octanol–water partition coefficient (Wildman–Crippen LogP) is -0.650. The van der Waals surface area contributed by atoms with Gasteiger partial charge in [-0.1, -0.05) is 0 Å². The summed E-state index contributed by atoms with van der Waals surface area (Å²) in [6, 6.07) is 0. The standard InChI is InChI=1S/C2H4O2S.Cu.Na.H/c3-2(4)1-5;;;/h5H,1H2,(H,3,4);;;. The Balaban J connectivity index is -0.0000000800.